The van der Waals surface area contributed by atoms with E-state index in [1.54, 1.807) is 13.8 Å². The van der Waals surface area contributed by atoms with Crippen LogP contribution in [0.4, 0.5) is 0 Å². The van der Waals surface area contributed by atoms with E-state index in [0.29, 0.717) is 0 Å². The van der Waals surface area contributed by atoms with E-state index in [2.05, 4.69) is 30.6 Å². The van der Waals surface area contributed by atoms with Crippen molar-refractivity contribution in [2.45, 2.75) is 33.3 Å². The SMILES string of the molecule is CCN(CC)CC#CC(C)(C)O. The monoisotopic (exact) mass is 169 g/mol. The second kappa shape index (κ2) is 5.18. The summed E-state index contributed by atoms with van der Waals surface area (Å²) in [6, 6.07) is 0. The summed E-state index contributed by atoms with van der Waals surface area (Å²) in [7, 11) is 0. The Morgan fingerprint density at radius 2 is 1.75 bits per heavy atom. The molecule has 0 spiro atoms. The van der Waals surface area contributed by atoms with Crippen molar-refractivity contribution in [2.75, 3.05) is 19.6 Å². The van der Waals surface area contributed by atoms with E-state index in [-0.39, 0.29) is 0 Å². The van der Waals surface area contributed by atoms with Gasteiger partial charge in [-0.3, -0.25) is 4.90 Å². The van der Waals surface area contributed by atoms with Crippen molar-refractivity contribution in [1.29, 1.82) is 0 Å². The summed E-state index contributed by atoms with van der Waals surface area (Å²) in [6.45, 7) is 10.4. The van der Waals surface area contributed by atoms with Gasteiger partial charge in [0.25, 0.3) is 0 Å². The van der Waals surface area contributed by atoms with Crippen LogP contribution in [0.25, 0.3) is 0 Å². The zero-order chi connectivity index (χ0) is 9.61. The van der Waals surface area contributed by atoms with Gasteiger partial charge in [0.05, 0.1) is 6.54 Å². The Labute approximate surface area is 75.6 Å². The third-order valence-corrected chi connectivity index (χ3v) is 1.59. The maximum Gasteiger partial charge on any atom is 0.120 e. The Morgan fingerprint density at radius 1 is 1.25 bits per heavy atom. The summed E-state index contributed by atoms with van der Waals surface area (Å²) >= 11 is 0. The van der Waals surface area contributed by atoms with Gasteiger partial charge in [-0.15, -0.1) is 0 Å². The van der Waals surface area contributed by atoms with Gasteiger partial charge in [-0.25, -0.2) is 0 Å². The highest BCUT2D eigenvalue weighted by Crippen LogP contribution is 1.96. The van der Waals surface area contributed by atoms with Gasteiger partial charge in [-0.05, 0) is 26.9 Å². The largest absolute Gasteiger partial charge is 0.378 e. The second-order valence-electron chi connectivity index (χ2n) is 3.32. The molecule has 0 atom stereocenters. The Morgan fingerprint density at radius 3 is 2.08 bits per heavy atom. The number of aliphatic hydroxyl groups is 1. The summed E-state index contributed by atoms with van der Waals surface area (Å²) < 4.78 is 0. The highest BCUT2D eigenvalue weighted by Gasteiger charge is 2.05. The number of hydrogen-bond donors (Lipinski definition) is 1. The highest BCUT2D eigenvalue weighted by atomic mass is 16.3. The molecule has 0 radical (unpaired) electrons. The first-order chi connectivity index (χ1) is 5.49. The third kappa shape index (κ3) is 6.21. The predicted octanol–water partition coefficient (Wildman–Crippen LogP) is 1.10. The van der Waals surface area contributed by atoms with Crippen molar-refractivity contribution < 1.29 is 5.11 Å². The molecule has 0 amide bonds. The average Bonchev–Trinajstić information content (AvgIpc) is 1.96. The summed E-state index contributed by atoms with van der Waals surface area (Å²) in [5.41, 5.74) is -0.854. The van der Waals surface area contributed by atoms with Crippen LogP contribution in [0.2, 0.25) is 0 Å². The molecule has 0 saturated heterocycles. The zero-order valence-electron chi connectivity index (χ0n) is 8.52. The lowest BCUT2D eigenvalue weighted by molar-refractivity contribution is 0.143. The molecule has 0 aromatic carbocycles. The van der Waals surface area contributed by atoms with Crippen LogP contribution in [0.15, 0.2) is 0 Å². The fraction of sp³-hybridized carbons (Fsp3) is 0.800. The minimum Gasteiger partial charge on any atom is -0.378 e. The lowest BCUT2D eigenvalue weighted by Gasteiger charge is -2.14. The molecule has 2 heteroatoms. The quantitative estimate of drug-likeness (QED) is 0.640. The van der Waals surface area contributed by atoms with Crippen LogP contribution in [0.3, 0.4) is 0 Å². The molecule has 0 aromatic rings. The molecule has 0 aliphatic heterocycles. The van der Waals surface area contributed by atoms with E-state index in [1.165, 1.54) is 0 Å². The van der Waals surface area contributed by atoms with E-state index >= 15 is 0 Å². The van der Waals surface area contributed by atoms with Crippen molar-refractivity contribution in [2.24, 2.45) is 0 Å². The summed E-state index contributed by atoms with van der Waals surface area (Å²) in [5.74, 6) is 5.74. The Kier molecular flexibility index (Phi) is 4.96. The van der Waals surface area contributed by atoms with Gasteiger partial charge in [-0.2, -0.15) is 0 Å². The van der Waals surface area contributed by atoms with Gasteiger partial charge in [0.15, 0.2) is 0 Å². The molecule has 0 bridgehead atoms. The van der Waals surface area contributed by atoms with Gasteiger partial charge >= 0.3 is 0 Å². The summed E-state index contributed by atoms with van der Waals surface area (Å²) in [4.78, 5) is 2.21. The van der Waals surface area contributed by atoms with Crippen molar-refractivity contribution in [3.8, 4) is 11.8 Å². The van der Waals surface area contributed by atoms with E-state index in [4.69, 9.17) is 0 Å². The van der Waals surface area contributed by atoms with Gasteiger partial charge in [-0.1, -0.05) is 25.7 Å². The molecule has 0 fully saturated rings. The van der Waals surface area contributed by atoms with Crippen LogP contribution in [0.5, 0.6) is 0 Å². The van der Waals surface area contributed by atoms with E-state index in [9.17, 15) is 5.11 Å². The highest BCUT2D eigenvalue weighted by molar-refractivity contribution is 5.11. The van der Waals surface area contributed by atoms with E-state index in [1.807, 2.05) is 0 Å². The van der Waals surface area contributed by atoms with Gasteiger partial charge in [0.2, 0.25) is 0 Å². The lowest BCUT2D eigenvalue weighted by atomic mass is 10.1. The molecule has 0 aromatic heterocycles. The first-order valence-electron chi connectivity index (χ1n) is 4.44. The summed E-state index contributed by atoms with van der Waals surface area (Å²) in [6.07, 6.45) is 0. The molecule has 1 N–H and O–H groups in total. The van der Waals surface area contributed by atoms with E-state index in [0.717, 1.165) is 19.6 Å². The maximum atomic E-state index is 9.28. The van der Waals surface area contributed by atoms with Crippen LogP contribution in [0, 0.1) is 11.8 Å². The average molecular weight is 169 g/mol. The Balaban J connectivity index is 3.84. The van der Waals surface area contributed by atoms with Gasteiger partial charge < -0.3 is 5.11 Å². The van der Waals surface area contributed by atoms with Crippen molar-refractivity contribution in [3.63, 3.8) is 0 Å². The molecule has 70 valence electrons. The van der Waals surface area contributed by atoms with Gasteiger partial charge in [0.1, 0.15) is 5.60 Å². The fourth-order valence-electron chi connectivity index (χ4n) is 0.815. The molecule has 2 nitrogen and oxygen atoms in total. The molecular weight excluding hydrogens is 150 g/mol. The van der Waals surface area contributed by atoms with Crippen molar-refractivity contribution >= 4 is 0 Å². The van der Waals surface area contributed by atoms with Gasteiger partial charge in [0, 0.05) is 0 Å². The first-order valence-corrected chi connectivity index (χ1v) is 4.44. The molecule has 12 heavy (non-hydrogen) atoms. The molecule has 0 rings (SSSR count). The van der Waals surface area contributed by atoms with Crippen LogP contribution in [-0.2, 0) is 0 Å². The lowest BCUT2D eigenvalue weighted by Crippen LogP contribution is -2.23. The Bertz CT molecular complexity index is 167. The molecule has 0 saturated carbocycles. The standard InChI is InChI=1S/C10H19NO/c1-5-11(6-2)9-7-8-10(3,4)12/h12H,5-6,9H2,1-4H3. The van der Waals surface area contributed by atoms with Crippen molar-refractivity contribution in [1.82, 2.24) is 4.90 Å². The van der Waals surface area contributed by atoms with Crippen LogP contribution >= 0.6 is 0 Å². The van der Waals surface area contributed by atoms with Crippen LogP contribution in [-0.4, -0.2) is 35.2 Å². The smallest absolute Gasteiger partial charge is 0.120 e. The normalized spacial score (nSPS) is 11.2. The number of nitrogens with zero attached hydrogens (tertiary/aromatic N) is 1. The molecule has 0 heterocycles. The Hall–Kier alpha value is -0.520. The van der Waals surface area contributed by atoms with E-state index < -0.39 is 5.60 Å². The molecule has 0 aliphatic rings. The maximum absolute atomic E-state index is 9.28. The molecular formula is C10H19NO. The molecule has 0 unspecified atom stereocenters. The first kappa shape index (κ1) is 11.5. The minimum absolute atomic E-state index is 0.747. The molecule has 0 aliphatic carbocycles. The van der Waals surface area contributed by atoms with Crippen LogP contribution < -0.4 is 0 Å². The fourth-order valence-corrected chi connectivity index (χ4v) is 0.815. The van der Waals surface area contributed by atoms with Crippen LogP contribution in [0.1, 0.15) is 27.7 Å². The zero-order valence-corrected chi connectivity index (χ0v) is 8.52. The number of rotatable bonds is 3. The summed E-state index contributed by atoms with van der Waals surface area (Å²) in [5, 5.41) is 9.28. The minimum atomic E-state index is -0.854. The topological polar surface area (TPSA) is 23.5 Å². The number of hydrogen-bond acceptors (Lipinski definition) is 2. The second-order valence-corrected chi connectivity index (χ2v) is 3.32. The third-order valence-electron chi connectivity index (χ3n) is 1.59. The van der Waals surface area contributed by atoms with Crippen molar-refractivity contribution in [3.05, 3.63) is 0 Å². The predicted molar refractivity (Wildman–Crippen MR) is 51.9 cm³/mol.